The first-order chi connectivity index (χ1) is 15.4. The van der Waals surface area contributed by atoms with Crippen molar-refractivity contribution >= 4 is 10.4 Å². The second kappa shape index (κ2) is 26.7. The quantitative estimate of drug-likeness (QED) is 0.0946. The molecule has 7 nitrogen and oxygen atoms in total. The molecule has 0 amide bonds. The largest absolute Gasteiger partial charge is 0.726 e. The van der Waals surface area contributed by atoms with Crippen LogP contribution in [-0.2, 0) is 14.6 Å². The molecule has 8 heteroatoms. The summed E-state index contributed by atoms with van der Waals surface area (Å²) in [7, 11) is -3.60. The molecule has 0 rings (SSSR count). The van der Waals surface area contributed by atoms with Crippen LogP contribution in [0.5, 0.6) is 0 Å². The second-order valence-corrected chi connectivity index (χ2v) is 9.46. The Morgan fingerprint density at radius 2 is 1.09 bits per heavy atom. The zero-order valence-corrected chi connectivity index (χ0v) is 21.5. The van der Waals surface area contributed by atoms with Crippen molar-refractivity contribution in [2.75, 3.05) is 40.0 Å². The lowest BCUT2D eigenvalue weighted by molar-refractivity contribution is -0.901. The third-order valence-corrected chi connectivity index (χ3v) is 5.84. The highest BCUT2D eigenvalue weighted by Gasteiger charge is 2.05. The Morgan fingerprint density at radius 1 is 0.719 bits per heavy atom. The summed E-state index contributed by atoms with van der Waals surface area (Å²) in [6.07, 6.45) is 25.0. The molecule has 0 heterocycles. The molecular formula is C24H51NO6S. The van der Waals surface area contributed by atoms with Gasteiger partial charge in [-0.25, -0.2) is 8.42 Å². The van der Waals surface area contributed by atoms with Gasteiger partial charge in [0, 0.05) is 0 Å². The highest BCUT2D eigenvalue weighted by atomic mass is 32.3. The van der Waals surface area contributed by atoms with Crippen molar-refractivity contribution in [1.82, 2.24) is 0 Å². The molecule has 0 spiro atoms. The minimum absolute atomic E-state index is 0.224. The molecule has 0 saturated carbocycles. The van der Waals surface area contributed by atoms with Gasteiger partial charge in [0.25, 0.3) is 0 Å². The van der Waals surface area contributed by atoms with Crippen molar-refractivity contribution in [2.45, 2.75) is 103 Å². The lowest BCUT2D eigenvalue weighted by Crippen LogP contribution is -3.13. The summed E-state index contributed by atoms with van der Waals surface area (Å²) in [5.74, 6) is 0. The Morgan fingerprint density at radius 3 is 1.47 bits per heavy atom. The summed E-state index contributed by atoms with van der Waals surface area (Å²) in [4.78, 5) is 1.33. The van der Waals surface area contributed by atoms with Gasteiger partial charge in [0.05, 0.1) is 26.9 Å². The summed E-state index contributed by atoms with van der Waals surface area (Å²) in [5.41, 5.74) is 0. The fourth-order valence-electron chi connectivity index (χ4n) is 3.49. The molecule has 194 valence electrons. The number of quaternary nitrogens is 1. The lowest BCUT2D eigenvalue weighted by Gasteiger charge is -2.17. The maximum Gasteiger partial charge on any atom is 0.217 e. The van der Waals surface area contributed by atoms with Gasteiger partial charge in [-0.2, -0.15) is 0 Å². The van der Waals surface area contributed by atoms with Crippen LogP contribution < -0.4 is 4.90 Å². The van der Waals surface area contributed by atoms with Crippen molar-refractivity contribution in [3.05, 3.63) is 12.2 Å². The van der Waals surface area contributed by atoms with E-state index in [4.69, 9.17) is 10.2 Å². The smallest absolute Gasteiger partial charge is 0.217 e. The predicted octanol–water partition coefficient (Wildman–Crippen LogP) is 3.38. The zero-order chi connectivity index (χ0) is 24.3. The lowest BCUT2D eigenvalue weighted by atomic mass is 10.1. The van der Waals surface area contributed by atoms with Gasteiger partial charge < -0.3 is 19.7 Å². The van der Waals surface area contributed by atoms with E-state index in [0.29, 0.717) is 0 Å². The van der Waals surface area contributed by atoms with E-state index in [1.165, 1.54) is 101 Å². The van der Waals surface area contributed by atoms with Crippen molar-refractivity contribution in [1.29, 1.82) is 0 Å². The first kappa shape index (κ1) is 33.7. The maximum absolute atomic E-state index is 9.22. The third-order valence-electron chi connectivity index (χ3n) is 5.43. The van der Waals surface area contributed by atoms with E-state index in [9.17, 15) is 13.0 Å². The summed E-state index contributed by atoms with van der Waals surface area (Å²) in [6.45, 7) is 5.35. The summed E-state index contributed by atoms with van der Waals surface area (Å²) >= 11 is 0. The molecule has 0 fully saturated rings. The molecule has 0 aromatic rings. The van der Waals surface area contributed by atoms with Crippen LogP contribution in [0.25, 0.3) is 0 Å². The topological polar surface area (TPSA) is 111 Å². The fraction of sp³-hybridized carbons (Fsp3) is 0.917. The molecule has 0 aliphatic carbocycles. The first-order valence-electron chi connectivity index (χ1n) is 12.6. The zero-order valence-electron chi connectivity index (χ0n) is 20.7. The molecule has 0 unspecified atom stereocenters. The van der Waals surface area contributed by atoms with Gasteiger partial charge in [-0.1, -0.05) is 76.9 Å². The van der Waals surface area contributed by atoms with E-state index < -0.39 is 10.4 Å². The minimum atomic E-state index is -4.41. The van der Waals surface area contributed by atoms with Gasteiger partial charge >= 0.3 is 0 Å². The monoisotopic (exact) mass is 481 g/mol. The molecule has 0 atom stereocenters. The Balaban J connectivity index is 0. The Hall–Kier alpha value is -0.510. The van der Waals surface area contributed by atoms with Crippen LogP contribution in [0.1, 0.15) is 103 Å². The average Bonchev–Trinajstić information content (AvgIpc) is 2.76. The Kier molecular flexibility index (Phi) is 28.1. The second-order valence-electron chi connectivity index (χ2n) is 8.31. The van der Waals surface area contributed by atoms with Gasteiger partial charge in [0.2, 0.25) is 10.4 Å². The van der Waals surface area contributed by atoms with Crippen LogP contribution in [-0.4, -0.2) is 63.1 Å². The van der Waals surface area contributed by atoms with Crippen molar-refractivity contribution in [2.24, 2.45) is 0 Å². The summed E-state index contributed by atoms with van der Waals surface area (Å²) in [5, 5.41) is 18.0. The molecule has 0 aliphatic rings. The van der Waals surface area contributed by atoms with E-state index in [0.717, 1.165) is 26.7 Å². The van der Waals surface area contributed by atoms with Gasteiger partial charge in [-0.15, -0.1) is 0 Å². The third kappa shape index (κ3) is 31.7. The number of aliphatic hydroxyl groups is 2. The molecule has 3 N–H and O–H groups in total. The number of aliphatic hydroxyl groups excluding tert-OH is 2. The number of allylic oxidation sites excluding steroid dienone is 2. The molecule has 0 bridgehead atoms. The number of unbranched alkanes of at least 4 members (excludes halogenated alkanes) is 13. The number of nitrogens with one attached hydrogen (secondary N) is 1. The summed E-state index contributed by atoms with van der Waals surface area (Å²) in [6, 6.07) is 0. The minimum Gasteiger partial charge on any atom is -0.726 e. The van der Waals surface area contributed by atoms with E-state index in [2.05, 4.69) is 23.3 Å². The maximum atomic E-state index is 9.22. The van der Waals surface area contributed by atoms with Crippen molar-refractivity contribution in [3.8, 4) is 0 Å². The average molecular weight is 482 g/mol. The van der Waals surface area contributed by atoms with Gasteiger partial charge in [0.1, 0.15) is 13.1 Å². The molecule has 0 radical (unpaired) electrons. The molecule has 0 saturated heterocycles. The molecular weight excluding hydrogens is 430 g/mol. The normalized spacial score (nSPS) is 11.8. The van der Waals surface area contributed by atoms with Crippen LogP contribution in [0, 0.1) is 0 Å². The fourth-order valence-corrected chi connectivity index (χ4v) is 3.49. The van der Waals surface area contributed by atoms with E-state index >= 15 is 0 Å². The Labute approximate surface area is 198 Å². The van der Waals surface area contributed by atoms with E-state index in [1.54, 1.807) is 0 Å². The number of hydrogen-bond donors (Lipinski definition) is 3. The van der Waals surface area contributed by atoms with Crippen LogP contribution in [0.3, 0.4) is 0 Å². The predicted molar refractivity (Wildman–Crippen MR) is 131 cm³/mol. The molecule has 0 aromatic carbocycles. The van der Waals surface area contributed by atoms with Crippen LogP contribution in [0.4, 0.5) is 0 Å². The first-order valence-corrected chi connectivity index (χ1v) is 14.0. The molecule has 32 heavy (non-hydrogen) atoms. The molecule has 0 aliphatic heterocycles. The highest BCUT2D eigenvalue weighted by molar-refractivity contribution is 7.80. The van der Waals surface area contributed by atoms with Gasteiger partial charge in [-0.05, 0) is 38.5 Å². The number of rotatable bonds is 22. The van der Waals surface area contributed by atoms with Crippen molar-refractivity contribution < 1.29 is 32.3 Å². The molecule has 0 aromatic heterocycles. The van der Waals surface area contributed by atoms with Crippen LogP contribution in [0.2, 0.25) is 0 Å². The highest BCUT2D eigenvalue weighted by Crippen LogP contribution is 2.10. The van der Waals surface area contributed by atoms with Crippen LogP contribution >= 0.6 is 0 Å². The van der Waals surface area contributed by atoms with E-state index in [1.807, 2.05) is 0 Å². The van der Waals surface area contributed by atoms with Gasteiger partial charge in [-0.3, -0.25) is 4.18 Å². The SMILES string of the molecule is CCCCCCCCCC=CCCCCCCCC[NH+](CCO)CCO.COS(=O)(=O)[O-]. The Bertz CT molecular complexity index is 479. The standard InChI is InChI=1S/C23H47NO2.CH4O4S/c1-2-3-4-5-6-7-8-9-10-11-12-13-14-15-16-17-18-19-24(20-22-25)21-23-26;1-5-6(2,3)4/h10-11,25-26H,2-9,12-23H2,1H3;1H3,(H,2,3,4). The van der Waals surface area contributed by atoms with E-state index in [-0.39, 0.29) is 13.2 Å². The van der Waals surface area contributed by atoms with Crippen molar-refractivity contribution in [3.63, 3.8) is 0 Å². The summed E-state index contributed by atoms with van der Waals surface area (Å²) < 4.78 is 31.0. The van der Waals surface area contributed by atoms with Gasteiger partial charge in [0.15, 0.2) is 0 Å². The number of hydrogen-bond acceptors (Lipinski definition) is 6. The van der Waals surface area contributed by atoms with Crippen LogP contribution in [0.15, 0.2) is 12.2 Å².